The molecule has 0 saturated carbocycles. The van der Waals surface area contributed by atoms with Crippen LogP contribution in [0.1, 0.15) is 16.1 Å². The fourth-order valence-electron chi connectivity index (χ4n) is 2.14. The first-order chi connectivity index (χ1) is 9.84. The fraction of sp³-hybridized carbons (Fsp3) is 0.0625. The van der Waals surface area contributed by atoms with Crippen molar-refractivity contribution in [3.8, 4) is 0 Å². The molecule has 0 atom stereocenters. The third-order valence-corrected chi connectivity index (χ3v) is 3.13. The van der Waals surface area contributed by atoms with Gasteiger partial charge < -0.3 is 5.32 Å². The predicted molar refractivity (Wildman–Crippen MR) is 77.2 cm³/mol. The van der Waals surface area contributed by atoms with Crippen LogP contribution < -0.4 is 5.32 Å². The molecule has 0 saturated heterocycles. The van der Waals surface area contributed by atoms with Crippen LogP contribution >= 0.6 is 0 Å². The lowest BCUT2D eigenvalue weighted by atomic mass is 10.0. The highest BCUT2D eigenvalue weighted by Gasteiger charge is 2.07. The average molecular weight is 263 g/mol. The molecule has 0 unspecified atom stereocenters. The number of hydrogen-bond donors (Lipinski definition) is 1. The maximum Gasteiger partial charge on any atom is 0.270 e. The van der Waals surface area contributed by atoms with Gasteiger partial charge in [-0.2, -0.15) is 0 Å². The molecule has 0 radical (unpaired) electrons. The number of benzene rings is 2. The summed E-state index contributed by atoms with van der Waals surface area (Å²) in [5.74, 6) is -0.194. The van der Waals surface area contributed by atoms with Crippen LogP contribution in [-0.2, 0) is 6.54 Å². The van der Waals surface area contributed by atoms with Gasteiger partial charge in [0.15, 0.2) is 0 Å². The molecule has 4 nitrogen and oxygen atoms in total. The molecule has 0 aliphatic carbocycles. The lowest BCUT2D eigenvalue weighted by molar-refractivity contribution is 0.0946. The molecule has 0 fully saturated rings. The number of fused-ring (bicyclic) bond motifs is 1. The third-order valence-electron chi connectivity index (χ3n) is 3.13. The van der Waals surface area contributed by atoms with Crippen molar-refractivity contribution in [2.24, 2.45) is 0 Å². The molecule has 0 aliphatic rings. The van der Waals surface area contributed by atoms with Gasteiger partial charge in [0.25, 0.3) is 5.91 Å². The fourth-order valence-corrected chi connectivity index (χ4v) is 2.14. The van der Waals surface area contributed by atoms with Crippen LogP contribution in [0.5, 0.6) is 0 Å². The van der Waals surface area contributed by atoms with Crippen molar-refractivity contribution < 1.29 is 4.79 Å². The number of carbonyl (C=O) groups is 1. The molecule has 98 valence electrons. The first-order valence-electron chi connectivity index (χ1n) is 6.35. The summed E-state index contributed by atoms with van der Waals surface area (Å²) in [4.78, 5) is 19.7. The van der Waals surface area contributed by atoms with E-state index in [2.05, 4.69) is 33.5 Å². The Morgan fingerprint density at radius 1 is 1.05 bits per heavy atom. The van der Waals surface area contributed by atoms with E-state index in [1.165, 1.54) is 11.7 Å². The second-order valence-corrected chi connectivity index (χ2v) is 4.42. The van der Waals surface area contributed by atoms with E-state index in [0.717, 1.165) is 10.9 Å². The van der Waals surface area contributed by atoms with Gasteiger partial charge in [-0.15, -0.1) is 0 Å². The standard InChI is InChI=1S/C16H13N3O/c20-16(15-8-9-17-11-19-15)18-10-13-6-3-5-12-4-1-2-7-14(12)13/h1-9,11H,10H2,(H,18,20). The van der Waals surface area contributed by atoms with E-state index in [0.29, 0.717) is 12.2 Å². The van der Waals surface area contributed by atoms with E-state index < -0.39 is 0 Å². The molecule has 20 heavy (non-hydrogen) atoms. The van der Waals surface area contributed by atoms with Gasteiger partial charge in [0.05, 0.1) is 0 Å². The van der Waals surface area contributed by atoms with Crippen molar-refractivity contribution in [2.75, 3.05) is 0 Å². The number of nitrogens with zero attached hydrogens (tertiary/aromatic N) is 2. The smallest absolute Gasteiger partial charge is 0.270 e. The van der Waals surface area contributed by atoms with E-state index in [1.807, 2.05) is 24.3 Å². The Balaban J connectivity index is 1.79. The minimum Gasteiger partial charge on any atom is -0.347 e. The minimum absolute atomic E-state index is 0.194. The Morgan fingerprint density at radius 2 is 1.90 bits per heavy atom. The largest absolute Gasteiger partial charge is 0.347 e. The van der Waals surface area contributed by atoms with Crippen molar-refractivity contribution in [2.45, 2.75) is 6.54 Å². The quantitative estimate of drug-likeness (QED) is 0.790. The normalized spacial score (nSPS) is 10.4. The zero-order valence-corrected chi connectivity index (χ0v) is 10.8. The van der Waals surface area contributed by atoms with Crippen LogP contribution in [0.15, 0.2) is 61.1 Å². The lowest BCUT2D eigenvalue weighted by Crippen LogP contribution is -2.23. The highest BCUT2D eigenvalue weighted by Crippen LogP contribution is 2.18. The predicted octanol–water partition coefficient (Wildman–Crippen LogP) is 2.56. The molecule has 1 N–H and O–H groups in total. The molecule has 1 amide bonds. The highest BCUT2D eigenvalue weighted by molar-refractivity contribution is 5.92. The zero-order valence-electron chi connectivity index (χ0n) is 10.8. The second-order valence-electron chi connectivity index (χ2n) is 4.42. The summed E-state index contributed by atoms with van der Waals surface area (Å²) in [7, 11) is 0. The van der Waals surface area contributed by atoms with Crippen molar-refractivity contribution in [1.82, 2.24) is 15.3 Å². The van der Waals surface area contributed by atoms with E-state index in [4.69, 9.17) is 0 Å². The van der Waals surface area contributed by atoms with E-state index in [9.17, 15) is 4.79 Å². The minimum atomic E-state index is -0.194. The zero-order chi connectivity index (χ0) is 13.8. The molecule has 3 rings (SSSR count). The van der Waals surface area contributed by atoms with Crippen molar-refractivity contribution in [3.63, 3.8) is 0 Å². The van der Waals surface area contributed by atoms with Gasteiger partial charge in [-0.3, -0.25) is 4.79 Å². The molecule has 0 aliphatic heterocycles. The van der Waals surface area contributed by atoms with Crippen LogP contribution in [0.3, 0.4) is 0 Å². The Labute approximate surface area is 116 Å². The first kappa shape index (κ1) is 12.3. The summed E-state index contributed by atoms with van der Waals surface area (Å²) in [6.07, 6.45) is 2.92. The SMILES string of the molecule is O=C(NCc1cccc2ccccc12)c1ccncn1. The molecule has 2 aromatic carbocycles. The van der Waals surface area contributed by atoms with Gasteiger partial charge >= 0.3 is 0 Å². The molecule has 1 aromatic heterocycles. The summed E-state index contributed by atoms with van der Waals surface area (Å²) < 4.78 is 0. The Bertz CT molecular complexity index is 736. The number of rotatable bonds is 3. The van der Waals surface area contributed by atoms with E-state index in [-0.39, 0.29) is 5.91 Å². The first-order valence-corrected chi connectivity index (χ1v) is 6.35. The molecule has 0 spiro atoms. The van der Waals surface area contributed by atoms with Crippen molar-refractivity contribution in [1.29, 1.82) is 0 Å². The van der Waals surface area contributed by atoms with Gasteiger partial charge in [-0.05, 0) is 22.4 Å². The van der Waals surface area contributed by atoms with Crippen molar-refractivity contribution >= 4 is 16.7 Å². The van der Waals surface area contributed by atoms with Crippen LogP contribution in [0.4, 0.5) is 0 Å². The number of amides is 1. The highest BCUT2D eigenvalue weighted by atomic mass is 16.1. The second kappa shape index (κ2) is 5.48. The number of hydrogen-bond acceptors (Lipinski definition) is 3. The number of aromatic nitrogens is 2. The number of nitrogens with one attached hydrogen (secondary N) is 1. The van der Waals surface area contributed by atoms with E-state index >= 15 is 0 Å². The van der Waals surface area contributed by atoms with Gasteiger partial charge in [0, 0.05) is 12.7 Å². The molecular formula is C16H13N3O. The molecule has 4 heteroatoms. The summed E-state index contributed by atoms with van der Waals surface area (Å²) in [6, 6.07) is 15.8. The van der Waals surface area contributed by atoms with Crippen LogP contribution in [0.2, 0.25) is 0 Å². The van der Waals surface area contributed by atoms with Gasteiger partial charge in [-0.25, -0.2) is 9.97 Å². The summed E-state index contributed by atoms with van der Waals surface area (Å²) in [5, 5.41) is 5.20. The molecule has 3 aromatic rings. The Kier molecular flexibility index (Phi) is 3.37. The van der Waals surface area contributed by atoms with Gasteiger partial charge in [-0.1, -0.05) is 42.5 Å². The van der Waals surface area contributed by atoms with Crippen LogP contribution in [0.25, 0.3) is 10.8 Å². The van der Waals surface area contributed by atoms with Crippen LogP contribution in [-0.4, -0.2) is 15.9 Å². The van der Waals surface area contributed by atoms with Gasteiger partial charge in [0.2, 0.25) is 0 Å². The number of carbonyl (C=O) groups excluding carboxylic acids is 1. The average Bonchev–Trinajstić information content (AvgIpc) is 2.53. The summed E-state index contributed by atoms with van der Waals surface area (Å²) in [5.41, 5.74) is 1.46. The monoisotopic (exact) mass is 263 g/mol. The Hall–Kier alpha value is -2.75. The molecule has 0 bridgehead atoms. The summed E-state index contributed by atoms with van der Waals surface area (Å²) in [6.45, 7) is 0.476. The van der Waals surface area contributed by atoms with Crippen molar-refractivity contribution in [3.05, 3.63) is 72.3 Å². The topological polar surface area (TPSA) is 54.9 Å². The Morgan fingerprint density at radius 3 is 2.75 bits per heavy atom. The molecule has 1 heterocycles. The molecular weight excluding hydrogens is 250 g/mol. The summed E-state index contributed by atoms with van der Waals surface area (Å²) >= 11 is 0. The van der Waals surface area contributed by atoms with E-state index in [1.54, 1.807) is 12.3 Å². The lowest BCUT2D eigenvalue weighted by Gasteiger charge is -2.08. The maximum atomic E-state index is 12.0. The van der Waals surface area contributed by atoms with Crippen LogP contribution in [0, 0.1) is 0 Å². The third kappa shape index (κ3) is 2.49. The maximum absolute atomic E-state index is 12.0. The van der Waals surface area contributed by atoms with Gasteiger partial charge in [0.1, 0.15) is 12.0 Å².